The molecular formula is C21H23Cl2NO3. The molecule has 3 rings (SSSR count). The van der Waals surface area contributed by atoms with Crippen molar-refractivity contribution in [3.8, 4) is 0 Å². The van der Waals surface area contributed by atoms with Crippen molar-refractivity contribution in [1.82, 2.24) is 4.90 Å². The molecule has 2 aromatic carbocycles. The summed E-state index contributed by atoms with van der Waals surface area (Å²) in [4.78, 5) is 14.6. The van der Waals surface area contributed by atoms with Crippen LogP contribution in [0.1, 0.15) is 37.1 Å². The first kappa shape index (κ1) is 20.2. The maximum Gasteiger partial charge on any atom is 0.249 e. The number of amides is 1. The van der Waals surface area contributed by atoms with Crippen LogP contribution in [0.2, 0.25) is 10.0 Å². The number of hydrogen-bond donors (Lipinski definition) is 1. The van der Waals surface area contributed by atoms with E-state index in [0.29, 0.717) is 10.0 Å². The van der Waals surface area contributed by atoms with Crippen molar-refractivity contribution < 1.29 is 14.6 Å². The predicted molar refractivity (Wildman–Crippen MR) is 107 cm³/mol. The van der Waals surface area contributed by atoms with Gasteiger partial charge < -0.3 is 14.7 Å². The predicted octanol–water partition coefficient (Wildman–Crippen LogP) is 4.65. The van der Waals surface area contributed by atoms with Crippen LogP contribution < -0.4 is 0 Å². The molecule has 1 aliphatic rings. The summed E-state index contributed by atoms with van der Waals surface area (Å²) in [6.07, 6.45) is -0.393. The molecular weight excluding hydrogens is 385 g/mol. The van der Waals surface area contributed by atoms with E-state index in [1.807, 2.05) is 44.2 Å². The zero-order valence-corrected chi connectivity index (χ0v) is 16.8. The van der Waals surface area contributed by atoms with Crippen LogP contribution in [-0.4, -0.2) is 35.2 Å². The van der Waals surface area contributed by atoms with Crippen LogP contribution in [0.5, 0.6) is 0 Å². The highest BCUT2D eigenvalue weighted by atomic mass is 35.5. The second kappa shape index (κ2) is 8.61. The minimum absolute atomic E-state index is 0.0372. The molecule has 1 fully saturated rings. The average Bonchev–Trinajstić information content (AvgIpc) is 2.64. The van der Waals surface area contributed by atoms with Gasteiger partial charge in [0.1, 0.15) is 12.7 Å². The van der Waals surface area contributed by atoms with Crippen LogP contribution in [0, 0.1) is 5.92 Å². The summed E-state index contributed by atoms with van der Waals surface area (Å²) >= 11 is 12.3. The van der Waals surface area contributed by atoms with Gasteiger partial charge in [0.15, 0.2) is 0 Å². The van der Waals surface area contributed by atoms with Gasteiger partial charge in [-0.15, -0.1) is 0 Å². The highest BCUT2D eigenvalue weighted by Gasteiger charge is 2.42. The lowest BCUT2D eigenvalue weighted by Crippen LogP contribution is -2.53. The van der Waals surface area contributed by atoms with Crippen LogP contribution >= 0.6 is 23.2 Å². The lowest BCUT2D eigenvalue weighted by molar-refractivity contribution is -0.166. The van der Waals surface area contributed by atoms with Crippen molar-refractivity contribution in [2.45, 2.75) is 32.0 Å². The topological polar surface area (TPSA) is 49.8 Å². The Kier molecular flexibility index (Phi) is 6.43. The van der Waals surface area contributed by atoms with E-state index in [0.717, 1.165) is 11.1 Å². The van der Waals surface area contributed by atoms with Gasteiger partial charge in [0.25, 0.3) is 0 Å². The standard InChI is InChI=1S/C21H23Cl2NO3/c1-13(2)18(11-25)24-19(26)12-27-21(15-4-3-5-17(23)10-15)20(24)14-6-8-16(22)9-7-14/h3-10,13,18,20-21,25H,11-12H2,1-2H3/t18-,20?,21+/m0/s1. The Morgan fingerprint density at radius 2 is 1.81 bits per heavy atom. The number of nitrogens with zero attached hydrogens (tertiary/aromatic N) is 1. The first-order valence-electron chi connectivity index (χ1n) is 8.97. The number of aliphatic hydroxyl groups is 1. The molecule has 3 atom stereocenters. The van der Waals surface area contributed by atoms with Gasteiger partial charge in [0, 0.05) is 10.0 Å². The van der Waals surface area contributed by atoms with E-state index < -0.39 is 6.10 Å². The Labute approximate surface area is 169 Å². The summed E-state index contributed by atoms with van der Waals surface area (Å²) in [6.45, 7) is 3.84. The molecule has 1 amide bonds. The summed E-state index contributed by atoms with van der Waals surface area (Å²) in [7, 11) is 0. The van der Waals surface area contributed by atoms with Gasteiger partial charge in [-0.25, -0.2) is 0 Å². The summed E-state index contributed by atoms with van der Waals surface area (Å²) in [6, 6.07) is 14.2. The Morgan fingerprint density at radius 1 is 1.11 bits per heavy atom. The Bertz CT molecular complexity index is 794. The third kappa shape index (κ3) is 4.30. The Balaban J connectivity index is 2.11. The van der Waals surface area contributed by atoms with E-state index in [2.05, 4.69) is 0 Å². The smallest absolute Gasteiger partial charge is 0.249 e. The summed E-state index contributed by atoms with van der Waals surface area (Å²) in [5.41, 5.74) is 1.79. The minimum atomic E-state index is -0.393. The van der Waals surface area contributed by atoms with Crippen molar-refractivity contribution in [3.63, 3.8) is 0 Å². The molecule has 0 bridgehead atoms. The molecule has 6 heteroatoms. The molecule has 0 aliphatic carbocycles. The molecule has 2 aromatic rings. The molecule has 144 valence electrons. The molecule has 0 aromatic heterocycles. The van der Waals surface area contributed by atoms with Gasteiger partial charge in [-0.3, -0.25) is 4.79 Å². The van der Waals surface area contributed by atoms with Crippen molar-refractivity contribution >= 4 is 29.1 Å². The number of morpholine rings is 1. The zero-order chi connectivity index (χ0) is 19.6. The second-order valence-electron chi connectivity index (χ2n) is 7.08. The molecule has 1 heterocycles. The fraction of sp³-hybridized carbons (Fsp3) is 0.381. The molecule has 0 spiro atoms. The SMILES string of the molecule is CC(C)[C@H](CO)N1C(=O)CO[C@H](c2cccc(Cl)c2)C1c1ccc(Cl)cc1. The highest BCUT2D eigenvalue weighted by Crippen LogP contribution is 2.42. The van der Waals surface area contributed by atoms with Crippen LogP contribution in [0.15, 0.2) is 48.5 Å². The number of benzene rings is 2. The molecule has 1 saturated heterocycles. The van der Waals surface area contributed by atoms with Crippen LogP contribution in [0.4, 0.5) is 0 Å². The number of aliphatic hydroxyl groups excluding tert-OH is 1. The first-order valence-corrected chi connectivity index (χ1v) is 9.72. The quantitative estimate of drug-likeness (QED) is 0.784. The fourth-order valence-electron chi connectivity index (χ4n) is 3.60. The van der Waals surface area contributed by atoms with Gasteiger partial charge in [-0.05, 0) is 41.3 Å². The molecule has 0 radical (unpaired) electrons. The van der Waals surface area contributed by atoms with Gasteiger partial charge in [-0.2, -0.15) is 0 Å². The number of rotatable bonds is 5. The normalized spacial score (nSPS) is 21.6. The number of hydrogen-bond acceptors (Lipinski definition) is 3. The van der Waals surface area contributed by atoms with Crippen LogP contribution in [0.25, 0.3) is 0 Å². The summed E-state index contributed by atoms with van der Waals surface area (Å²) in [5, 5.41) is 11.2. The van der Waals surface area contributed by atoms with E-state index in [1.165, 1.54) is 0 Å². The van der Waals surface area contributed by atoms with E-state index in [1.54, 1.807) is 23.1 Å². The maximum absolute atomic E-state index is 12.8. The third-order valence-electron chi connectivity index (χ3n) is 4.96. The number of ether oxygens (including phenoxy) is 1. The van der Waals surface area contributed by atoms with Crippen LogP contribution in [0.3, 0.4) is 0 Å². The molecule has 1 N–H and O–H groups in total. The molecule has 1 aliphatic heterocycles. The molecule has 1 unspecified atom stereocenters. The van der Waals surface area contributed by atoms with E-state index in [9.17, 15) is 9.90 Å². The van der Waals surface area contributed by atoms with E-state index in [4.69, 9.17) is 27.9 Å². The maximum atomic E-state index is 12.8. The van der Waals surface area contributed by atoms with Crippen LogP contribution in [-0.2, 0) is 9.53 Å². The van der Waals surface area contributed by atoms with Gasteiger partial charge in [-0.1, -0.05) is 61.3 Å². The summed E-state index contributed by atoms with van der Waals surface area (Å²) < 4.78 is 5.97. The number of carbonyl (C=O) groups excluding carboxylic acids is 1. The largest absolute Gasteiger partial charge is 0.394 e. The van der Waals surface area contributed by atoms with Gasteiger partial charge in [0.2, 0.25) is 5.91 Å². The number of carbonyl (C=O) groups is 1. The minimum Gasteiger partial charge on any atom is -0.394 e. The van der Waals surface area contributed by atoms with E-state index >= 15 is 0 Å². The first-order chi connectivity index (χ1) is 12.9. The third-order valence-corrected chi connectivity index (χ3v) is 5.45. The number of halogens is 2. The Hall–Kier alpha value is -1.59. The zero-order valence-electron chi connectivity index (χ0n) is 15.3. The average molecular weight is 408 g/mol. The van der Waals surface area contributed by atoms with Crippen molar-refractivity contribution in [2.75, 3.05) is 13.2 Å². The lowest BCUT2D eigenvalue weighted by Gasteiger charge is -2.46. The fourth-order valence-corrected chi connectivity index (χ4v) is 3.92. The summed E-state index contributed by atoms with van der Waals surface area (Å²) in [5.74, 6) is -0.0483. The van der Waals surface area contributed by atoms with Crippen molar-refractivity contribution in [3.05, 3.63) is 69.7 Å². The van der Waals surface area contributed by atoms with Gasteiger partial charge >= 0.3 is 0 Å². The molecule has 27 heavy (non-hydrogen) atoms. The van der Waals surface area contributed by atoms with Crippen molar-refractivity contribution in [2.24, 2.45) is 5.92 Å². The second-order valence-corrected chi connectivity index (χ2v) is 7.95. The monoisotopic (exact) mass is 407 g/mol. The lowest BCUT2D eigenvalue weighted by atomic mass is 9.89. The van der Waals surface area contributed by atoms with Gasteiger partial charge in [0.05, 0.1) is 18.7 Å². The molecule has 4 nitrogen and oxygen atoms in total. The van der Waals surface area contributed by atoms with E-state index in [-0.39, 0.29) is 37.1 Å². The Morgan fingerprint density at radius 3 is 2.41 bits per heavy atom. The highest BCUT2D eigenvalue weighted by molar-refractivity contribution is 6.30. The molecule has 0 saturated carbocycles. The van der Waals surface area contributed by atoms with Crippen molar-refractivity contribution in [1.29, 1.82) is 0 Å².